The second kappa shape index (κ2) is 6.98. The lowest BCUT2D eigenvalue weighted by atomic mass is 9.88. The van der Waals surface area contributed by atoms with Gasteiger partial charge in [0.05, 0.1) is 5.57 Å². The van der Waals surface area contributed by atoms with E-state index in [0.29, 0.717) is 11.1 Å². The van der Waals surface area contributed by atoms with Crippen LogP contribution in [0.5, 0.6) is 0 Å². The molecule has 0 fully saturated rings. The second-order valence-corrected chi connectivity index (χ2v) is 5.85. The Labute approximate surface area is 145 Å². The minimum Gasteiger partial charge on any atom is -0.166 e. The van der Waals surface area contributed by atoms with Gasteiger partial charge in [0.15, 0.2) is 0 Å². The summed E-state index contributed by atoms with van der Waals surface area (Å²) in [6.07, 6.45) is -4.48. The molecule has 0 heterocycles. The summed E-state index contributed by atoms with van der Waals surface area (Å²) < 4.78 is 42.3. The molecule has 0 atom stereocenters. The van der Waals surface area contributed by atoms with Gasteiger partial charge in [-0.25, -0.2) is 0 Å². The summed E-state index contributed by atoms with van der Waals surface area (Å²) in [4.78, 5) is 0. The van der Waals surface area contributed by atoms with Crippen LogP contribution in [0.15, 0.2) is 84.9 Å². The molecule has 0 spiro atoms. The molecule has 3 heteroatoms. The summed E-state index contributed by atoms with van der Waals surface area (Å²) in [6, 6.07) is 24.0. The van der Waals surface area contributed by atoms with Crippen LogP contribution in [0.1, 0.15) is 22.3 Å². The van der Waals surface area contributed by atoms with Gasteiger partial charge in [0.25, 0.3) is 0 Å². The van der Waals surface area contributed by atoms with Crippen molar-refractivity contribution in [2.24, 2.45) is 0 Å². The maximum atomic E-state index is 14.1. The summed E-state index contributed by atoms with van der Waals surface area (Å²) in [7, 11) is 0. The quantitative estimate of drug-likeness (QED) is 0.477. The van der Waals surface area contributed by atoms with E-state index in [1.807, 2.05) is 0 Å². The van der Waals surface area contributed by atoms with Crippen molar-refractivity contribution < 1.29 is 13.2 Å². The fourth-order valence-electron chi connectivity index (χ4n) is 2.92. The van der Waals surface area contributed by atoms with Crippen LogP contribution in [0.2, 0.25) is 0 Å². The lowest BCUT2D eigenvalue weighted by Crippen LogP contribution is -2.14. The number of aryl methyl sites for hydroxylation is 1. The van der Waals surface area contributed by atoms with Gasteiger partial charge in [-0.3, -0.25) is 0 Å². The smallest absolute Gasteiger partial charge is 0.166 e. The molecule has 3 aromatic rings. The molecule has 0 aliphatic heterocycles. The highest BCUT2D eigenvalue weighted by Gasteiger charge is 2.38. The Hall–Kier alpha value is -2.81. The molecular formula is C22H17F3. The zero-order valence-electron chi connectivity index (χ0n) is 13.7. The van der Waals surface area contributed by atoms with Gasteiger partial charge in [0, 0.05) is 5.57 Å². The lowest BCUT2D eigenvalue weighted by Gasteiger charge is -2.20. The first-order chi connectivity index (χ1) is 12.0. The van der Waals surface area contributed by atoms with Gasteiger partial charge in [0.2, 0.25) is 0 Å². The van der Waals surface area contributed by atoms with E-state index in [-0.39, 0.29) is 11.1 Å². The van der Waals surface area contributed by atoms with Crippen LogP contribution in [-0.4, -0.2) is 6.18 Å². The van der Waals surface area contributed by atoms with Crippen molar-refractivity contribution in [3.63, 3.8) is 0 Å². The Kier molecular flexibility index (Phi) is 4.75. The van der Waals surface area contributed by atoms with E-state index in [1.165, 1.54) is 6.07 Å². The van der Waals surface area contributed by atoms with E-state index in [2.05, 4.69) is 0 Å². The normalized spacial score (nSPS) is 11.2. The van der Waals surface area contributed by atoms with E-state index >= 15 is 0 Å². The molecule has 0 N–H and O–H groups in total. The lowest BCUT2D eigenvalue weighted by molar-refractivity contribution is -0.0685. The molecule has 0 aliphatic rings. The number of hydrogen-bond donors (Lipinski definition) is 0. The van der Waals surface area contributed by atoms with Crippen LogP contribution in [-0.2, 0) is 0 Å². The van der Waals surface area contributed by atoms with E-state index in [0.717, 1.165) is 5.56 Å². The predicted molar refractivity (Wildman–Crippen MR) is 96.0 cm³/mol. The van der Waals surface area contributed by atoms with Crippen LogP contribution in [0.4, 0.5) is 13.2 Å². The molecule has 126 valence electrons. The summed E-state index contributed by atoms with van der Waals surface area (Å²) in [5.74, 6) is 0. The highest BCUT2D eigenvalue weighted by Crippen LogP contribution is 2.42. The highest BCUT2D eigenvalue weighted by molar-refractivity contribution is 6.00. The van der Waals surface area contributed by atoms with Gasteiger partial charge in [0.1, 0.15) is 0 Å². The Morgan fingerprint density at radius 1 is 0.640 bits per heavy atom. The van der Waals surface area contributed by atoms with Crippen molar-refractivity contribution in [2.45, 2.75) is 13.1 Å². The molecule has 0 radical (unpaired) electrons. The average molecular weight is 338 g/mol. The van der Waals surface area contributed by atoms with Crippen LogP contribution >= 0.6 is 0 Å². The minimum atomic E-state index is -4.48. The monoisotopic (exact) mass is 338 g/mol. The van der Waals surface area contributed by atoms with E-state index in [9.17, 15) is 13.2 Å². The zero-order chi connectivity index (χ0) is 17.9. The third kappa shape index (κ3) is 3.82. The number of alkyl halides is 3. The topological polar surface area (TPSA) is 0 Å². The van der Waals surface area contributed by atoms with Crippen LogP contribution in [0.25, 0.3) is 11.1 Å². The number of rotatable bonds is 3. The van der Waals surface area contributed by atoms with Gasteiger partial charge >= 0.3 is 6.18 Å². The standard InChI is InChI=1S/C22H17F3/c1-16-9-8-14-19(15-16)21(22(23,24)25)20(17-10-4-2-5-11-17)18-12-6-3-7-13-18/h2-15H,1H3. The largest absolute Gasteiger partial charge is 0.417 e. The first-order valence-corrected chi connectivity index (χ1v) is 7.96. The second-order valence-electron chi connectivity index (χ2n) is 5.85. The van der Waals surface area contributed by atoms with Crippen molar-refractivity contribution in [1.29, 1.82) is 0 Å². The summed E-state index contributed by atoms with van der Waals surface area (Å²) in [6.45, 7) is 1.79. The van der Waals surface area contributed by atoms with Crippen molar-refractivity contribution in [2.75, 3.05) is 0 Å². The molecular weight excluding hydrogens is 321 g/mol. The van der Waals surface area contributed by atoms with E-state index < -0.39 is 11.7 Å². The van der Waals surface area contributed by atoms with Gasteiger partial charge < -0.3 is 0 Å². The first kappa shape index (κ1) is 17.0. The van der Waals surface area contributed by atoms with Crippen LogP contribution < -0.4 is 0 Å². The number of allylic oxidation sites excluding steroid dienone is 1. The Morgan fingerprint density at radius 3 is 1.56 bits per heavy atom. The van der Waals surface area contributed by atoms with Crippen molar-refractivity contribution in [1.82, 2.24) is 0 Å². The average Bonchev–Trinajstić information content (AvgIpc) is 2.60. The Balaban J connectivity index is 2.39. The van der Waals surface area contributed by atoms with Crippen molar-refractivity contribution in [3.05, 3.63) is 107 Å². The number of benzene rings is 3. The van der Waals surface area contributed by atoms with Crippen molar-refractivity contribution >= 4 is 11.1 Å². The third-order valence-electron chi connectivity index (χ3n) is 3.97. The van der Waals surface area contributed by atoms with Crippen LogP contribution in [0.3, 0.4) is 0 Å². The maximum Gasteiger partial charge on any atom is 0.417 e. The van der Waals surface area contributed by atoms with Gasteiger partial charge in [-0.1, -0.05) is 90.5 Å². The fourth-order valence-corrected chi connectivity index (χ4v) is 2.92. The molecule has 25 heavy (non-hydrogen) atoms. The fraction of sp³-hybridized carbons (Fsp3) is 0.0909. The van der Waals surface area contributed by atoms with Gasteiger partial charge in [-0.15, -0.1) is 0 Å². The molecule has 0 unspecified atom stereocenters. The molecule has 0 aromatic heterocycles. The Bertz CT molecular complexity index is 834. The maximum absolute atomic E-state index is 14.1. The van der Waals surface area contributed by atoms with E-state index in [1.54, 1.807) is 85.8 Å². The van der Waals surface area contributed by atoms with Gasteiger partial charge in [-0.2, -0.15) is 13.2 Å². The molecule has 0 amide bonds. The van der Waals surface area contributed by atoms with Crippen LogP contribution in [0, 0.1) is 6.92 Å². The van der Waals surface area contributed by atoms with Gasteiger partial charge in [-0.05, 0) is 23.6 Å². The zero-order valence-corrected chi connectivity index (χ0v) is 13.7. The number of hydrogen-bond acceptors (Lipinski definition) is 0. The molecule has 3 aromatic carbocycles. The molecule has 0 nitrogen and oxygen atoms in total. The summed E-state index contributed by atoms with van der Waals surface area (Å²) in [5, 5.41) is 0. The molecule has 0 saturated carbocycles. The molecule has 0 bridgehead atoms. The first-order valence-electron chi connectivity index (χ1n) is 7.96. The molecule has 0 aliphatic carbocycles. The molecule has 0 saturated heterocycles. The molecule has 3 rings (SSSR count). The van der Waals surface area contributed by atoms with E-state index in [4.69, 9.17) is 0 Å². The minimum absolute atomic E-state index is 0.176. The Morgan fingerprint density at radius 2 is 1.12 bits per heavy atom. The summed E-state index contributed by atoms with van der Waals surface area (Å²) in [5.41, 5.74) is 1.63. The third-order valence-corrected chi connectivity index (χ3v) is 3.97. The van der Waals surface area contributed by atoms with Crippen molar-refractivity contribution in [3.8, 4) is 0 Å². The highest BCUT2D eigenvalue weighted by atomic mass is 19.4. The SMILES string of the molecule is Cc1cccc(C(=C(c2ccccc2)c2ccccc2)C(F)(F)F)c1. The predicted octanol–water partition coefficient (Wildman–Crippen LogP) is 6.52. The summed E-state index contributed by atoms with van der Waals surface area (Å²) >= 11 is 0. The number of halogens is 3.